The average Bonchev–Trinajstić information content (AvgIpc) is 2.49. The number of carbonyl (C=O) groups excluding carboxylic acids is 1. The number of halogens is 1. The van der Waals surface area contributed by atoms with Crippen LogP contribution in [-0.2, 0) is 4.79 Å². The van der Waals surface area contributed by atoms with Crippen LogP contribution in [-0.4, -0.2) is 48.7 Å². The summed E-state index contributed by atoms with van der Waals surface area (Å²) in [5, 5.41) is 9.10. The van der Waals surface area contributed by atoms with Gasteiger partial charge in [-0.2, -0.15) is 0 Å². The van der Waals surface area contributed by atoms with Crippen LogP contribution in [0, 0.1) is 0 Å². The Balaban J connectivity index is 3.12. The first-order valence-electron chi connectivity index (χ1n) is 6.95. The van der Waals surface area contributed by atoms with Gasteiger partial charge in [0.2, 0.25) is 0 Å². The van der Waals surface area contributed by atoms with E-state index in [0.717, 1.165) is 6.42 Å². The number of amides is 1. The highest BCUT2D eigenvalue weighted by molar-refractivity contribution is 6.32. The lowest BCUT2D eigenvalue weighted by atomic mass is 10.1. The second-order valence-corrected chi connectivity index (χ2v) is 4.96. The van der Waals surface area contributed by atoms with E-state index in [9.17, 15) is 9.59 Å². The predicted molar refractivity (Wildman–Crippen MR) is 83.0 cm³/mol. The zero-order valence-corrected chi connectivity index (χ0v) is 13.6. The molecule has 0 aliphatic carbocycles. The number of hydrogen-bond donors (Lipinski definition) is 1. The summed E-state index contributed by atoms with van der Waals surface area (Å²) in [6, 6.07) is 2.96. The lowest BCUT2D eigenvalue weighted by Gasteiger charge is -2.20. The molecule has 0 spiro atoms. The van der Waals surface area contributed by atoms with Gasteiger partial charge in [0.25, 0.3) is 5.91 Å². The molecule has 6 nitrogen and oxygen atoms in total. The van der Waals surface area contributed by atoms with Crippen molar-refractivity contribution in [3.63, 3.8) is 0 Å². The van der Waals surface area contributed by atoms with Crippen molar-refractivity contribution >= 4 is 23.5 Å². The number of ether oxygens (including phenoxy) is 2. The van der Waals surface area contributed by atoms with E-state index in [1.54, 1.807) is 6.92 Å². The molecular weight excluding hydrogens is 310 g/mol. The van der Waals surface area contributed by atoms with Gasteiger partial charge < -0.3 is 19.5 Å². The minimum Gasteiger partial charge on any atom is -0.493 e. The van der Waals surface area contributed by atoms with Gasteiger partial charge in [0, 0.05) is 12.1 Å². The fraction of sp³-hybridized carbons (Fsp3) is 0.467. The van der Waals surface area contributed by atoms with Gasteiger partial charge in [0.15, 0.2) is 11.5 Å². The number of carboxylic acid groups (broad SMARTS) is 1. The molecule has 0 aromatic heterocycles. The third-order valence-corrected chi connectivity index (χ3v) is 3.20. The van der Waals surface area contributed by atoms with Gasteiger partial charge in [-0.1, -0.05) is 18.5 Å². The van der Waals surface area contributed by atoms with Crippen LogP contribution in [0.2, 0.25) is 5.02 Å². The number of methoxy groups -OCH3 is 1. The third-order valence-electron chi connectivity index (χ3n) is 2.92. The smallest absolute Gasteiger partial charge is 0.323 e. The molecule has 0 aliphatic rings. The SMILES string of the molecule is CCCOc1c(Cl)cc(C(=O)N(CC)CC(=O)O)cc1OC. The predicted octanol–water partition coefficient (Wildman–Crippen LogP) is 2.68. The number of benzene rings is 1. The van der Waals surface area contributed by atoms with E-state index in [1.165, 1.54) is 24.1 Å². The van der Waals surface area contributed by atoms with E-state index in [1.807, 2.05) is 6.92 Å². The number of aliphatic carboxylic acids is 1. The monoisotopic (exact) mass is 329 g/mol. The Kier molecular flexibility index (Phi) is 6.98. The number of nitrogens with zero attached hydrogens (tertiary/aromatic N) is 1. The van der Waals surface area contributed by atoms with Crippen molar-refractivity contribution in [2.45, 2.75) is 20.3 Å². The van der Waals surface area contributed by atoms with Gasteiger partial charge in [0.1, 0.15) is 6.54 Å². The fourth-order valence-corrected chi connectivity index (χ4v) is 2.13. The quantitative estimate of drug-likeness (QED) is 0.793. The number of likely N-dealkylation sites (N-methyl/N-ethyl adjacent to an activating group) is 1. The van der Waals surface area contributed by atoms with Crippen LogP contribution in [0.4, 0.5) is 0 Å². The fourth-order valence-electron chi connectivity index (χ4n) is 1.86. The number of carbonyl (C=O) groups is 2. The molecule has 1 aromatic rings. The molecule has 0 aliphatic heterocycles. The number of hydrogen-bond acceptors (Lipinski definition) is 4. The molecule has 122 valence electrons. The van der Waals surface area contributed by atoms with Gasteiger partial charge in [-0.3, -0.25) is 9.59 Å². The Bertz CT molecular complexity index is 547. The van der Waals surface area contributed by atoms with Crippen molar-refractivity contribution in [2.24, 2.45) is 0 Å². The maximum Gasteiger partial charge on any atom is 0.323 e. The summed E-state index contributed by atoms with van der Waals surface area (Å²) in [6.45, 7) is 4.05. The van der Waals surface area contributed by atoms with Crippen LogP contribution in [0.15, 0.2) is 12.1 Å². The third kappa shape index (κ3) is 4.53. The van der Waals surface area contributed by atoms with Gasteiger partial charge in [-0.25, -0.2) is 0 Å². The summed E-state index contributed by atoms with van der Waals surface area (Å²) in [4.78, 5) is 24.4. The molecule has 1 rings (SSSR count). The maximum absolute atomic E-state index is 12.4. The second kappa shape index (κ2) is 8.48. The van der Waals surface area contributed by atoms with Crippen LogP contribution in [0.1, 0.15) is 30.6 Å². The lowest BCUT2D eigenvalue weighted by molar-refractivity contribution is -0.137. The Morgan fingerprint density at radius 2 is 2.00 bits per heavy atom. The van der Waals surface area contributed by atoms with Gasteiger partial charge in [0.05, 0.1) is 18.7 Å². The topological polar surface area (TPSA) is 76.1 Å². The summed E-state index contributed by atoms with van der Waals surface area (Å²) in [7, 11) is 1.45. The zero-order chi connectivity index (χ0) is 16.7. The van der Waals surface area contributed by atoms with Crippen molar-refractivity contribution < 1.29 is 24.2 Å². The van der Waals surface area contributed by atoms with Crippen molar-refractivity contribution in [3.05, 3.63) is 22.7 Å². The molecule has 0 bridgehead atoms. The van der Waals surface area contributed by atoms with Crippen molar-refractivity contribution in [3.8, 4) is 11.5 Å². The van der Waals surface area contributed by atoms with Crippen molar-refractivity contribution in [2.75, 3.05) is 26.8 Å². The second-order valence-electron chi connectivity index (χ2n) is 4.55. The molecule has 0 radical (unpaired) electrons. The van der Waals surface area contributed by atoms with Crippen LogP contribution in [0.25, 0.3) is 0 Å². The molecule has 7 heteroatoms. The van der Waals surface area contributed by atoms with Gasteiger partial charge in [-0.05, 0) is 25.5 Å². The first-order chi connectivity index (χ1) is 10.4. The minimum absolute atomic E-state index is 0.252. The minimum atomic E-state index is -1.07. The zero-order valence-electron chi connectivity index (χ0n) is 12.9. The van der Waals surface area contributed by atoms with Gasteiger partial charge >= 0.3 is 5.97 Å². The maximum atomic E-state index is 12.4. The van der Waals surface area contributed by atoms with E-state index in [-0.39, 0.29) is 23.7 Å². The highest BCUT2D eigenvalue weighted by atomic mass is 35.5. The first kappa shape index (κ1) is 18.1. The molecule has 0 saturated heterocycles. The summed E-state index contributed by atoms with van der Waals surface area (Å²) in [6.07, 6.45) is 0.808. The van der Waals surface area contributed by atoms with E-state index in [4.69, 9.17) is 26.2 Å². The van der Waals surface area contributed by atoms with Crippen LogP contribution in [0.5, 0.6) is 11.5 Å². The van der Waals surface area contributed by atoms with E-state index in [0.29, 0.717) is 18.1 Å². The lowest BCUT2D eigenvalue weighted by Crippen LogP contribution is -2.35. The molecule has 1 N–H and O–H groups in total. The first-order valence-corrected chi connectivity index (χ1v) is 7.33. The Morgan fingerprint density at radius 3 is 2.50 bits per heavy atom. The Labute approximate surface area is 134 Å². The highest BCUT2D eigenvalue weighted by Gasteiger charge is 2.21. The summed E-state index contributed by atoms with van der Waals surface area (Å²) in [5.74, 6) is -0.775. The summed E-state index contributed by atoms with van der Waals surface area (Å²) >= 11 is 6.15. The molecule has 0 fully saturated rings. The van der Waals surface area contributed by atoms with Gasteiger partial charge in [-0.15, -0.1) is 0 Å². The number of carboxylic acids is 1. The molecular formula is C15H20ClNO5. The molecule has 1 aromatic carbocycles. The largest absolute Gasteiger partial charge is 0.493 e. The van der Waals surface area contributed by atoms with Crippen LogP contribution in [0.3, 0.4) is 0 Å². The molecule has 22 heavy (non-hydrogen) atoms. The molecule has 0 unspecified atom stereocenters. The Morgan fingerprint density at radius 1 is 1.32 bits per heavy atom. The number of rotatable bonds is 8. The molecule has 0 saturated carbocycles. The van der Waals surface area contributed by atoms with Crippen molar-refractivity contribution in [1.29, 1.82) is 0 Å². The van der Waals surface area contributed by atoms with E-state index in [2.05, 4.69) is 0 Å². The summed E-state index contributed by atoms with van der Waals surface area (Å²) < 4.78 is 10.7. The average molecular weight is 330 g/mol. The normalized spacial score (nSPS) is 10.2. The van der Waals surface area contributed by atoms with E-state index < -0.39 is 11.9 Å². The Hall–Kier alpha value is -1.95. The molecule has 1 amide bonds. The summed E-state index contributed by atoms with van der Waals surface area (Å²) in [5.41, 5.74) is 0.258. The van der Waals surface area contributed by atoms with Crippen molar-refractivity contribution in [1.82, 2.24) is 4.90 Å². The standard InChI is InChI=1S/C15H20ClNO5/c1-4-6-22-14-11(16)7-10(8-12(14)21-3)15(20)17(5-2)9-13(18)19/h7-8H,4-6,9H2,1-3H3,(H,18,19). The molecule has 0 atom stereocenters. The molecule has 0 heterocycles. The van der Waals surface area contributed by atoms with Crippen LogP contribution >= 0.6 is 11.6 Å². The van der Waals surface area contributed by atoms with Crippen LogP contribution < -0.4 is 9.47 Å². The van der Waals surface area contributed by atoms with E-state index >= 15 is 0 Å². The highest BCUT2D eigenvalue weighted by Crippen LogP contribution is 2.36.